The molecule has 1 atom stereocenters. The first-order valence-corrected chi connectivity index (χ1v) is 14.8. The van der Waals surface area contributed by atoms with Crippen LogP contribution in [0, 0.1) is 0 Å². The summed E-state index contributed by atoms with van der Waals surface area (Å²) in [5, 5.41) is 16.2. The van der Waals surface area contributed by atoms with Crippen molar-refractivity contribution in [3.05, 3.63) is 82.2 Å². The van der Waals surface area contributed by atoms with Crippen LogP contribution in [-0.4, -0.2) is 67.4 Å². The van der Waals surface area contributed by atoms with Gasteiger partial charge in [0.05, 0.1) is 23.5 Å². The smallest absolute Gasteiger partial charge is 0.334 e. The number of fused-ring (bicyclic) bond motifs is 1. The van der Waals surface area contributed by atoms with Crippen molar-refractivity contribution in [3.8, 4) is 11.5 Å². The highest BCUT2D eigenvalue weighted by atomic mass is 16.7. The number of carboxylic acids is 1. The fraction of sp³-hybridized carbons (Fsp3) is 0.424. The Bertz CT molecular complexity index is 1440. The molecule has 0 aliphatic carbocycles. The second-order valence-electron chi connectivity index (χ2n) is 11.2. The highest BCUT2D eigenvalue weighted by molar-refractivity contribution is 6.01. The number of piperidine rings is 1. The summed E-state index contributed by atoms with van der Waals surface area (Å²) in [5.74, 6) is -1.24. The summed E-state index contributed by atoms with van der Waals surface area (Å²) in [7, 11) is 0. The van der Waals surface area contributed by atoms with E-state index >= 15 is 0 Å². The number of benzene rings is 2. The zero-order valence-corrected chi connectivity index (χ0v) is 24.9. The lowest BCUT2D eigenvalue weighted by Crippen LogP contribution is -2.48. The molecule has 3 aliphatic rings. The van der Waals surface area contributed by atoms with Crippen LogP contribution < -0.4 is 20.1 Å². The third-order valence-electron chi connectivity index (χ3n) is 8.60. The van der Waals surface area contributed by atoms with E-state index in [2.05, 4.69) is 15.5 Å². The predicted molar refractivity (Wildman–Crippen MR) is 160 cm³/mol. The van der Waals surface area contributed by atoms with Gasteiger partial charge in [-0.1, -0.05) is 36.4 Å². The van der Waals surface area contributed by atoms with Gasteiger partial charge in [-0.25, -0.2) is 4.79 Å². The highest BCUT2D eigenvalue weighted by Gasteiger charge is 2.44. The molecule has 1 saturated heterocycles. The Hall–Kier alpha value is -4.31. The molecular weight excluding hydrogens is 550 g/mol. The van der Waals surface area contributed by atoms with Crippen molar-refractivity contribution in [2.45, 2.75) is 51.4 Å². The first-order chi connectivity index (χ1) is 20.7. The number of likely N-dealkylation sites (tertiary alicyclic amines) is 1. The highest BCUT2D eigenvalue weighted by Crippen LogP contribution is 2.42. The summed E-state index contributed by atoms with van der Waals surface area (Å²) in [6, 6.07) is 15.1. The number of allylic oxidation sites excluding steroid dienone is 2. The fourth-order valence-electron chi connectivity index (χ4n) is 6.40. The molecule has 0 aromatic heterocycles. The summed E-state index contributed by atoms with van der Waals surface area (Å²) < 4.78 is 16.4. The summed E-state index contributed by atoms with van der Waals surface area (Å²) in [4.78, 5) is 41.3. The van der Waals surface area contributed by atoms with Gasteiger partial charge in [0.2, 0.25) is 12.7 Å². The van der Waals surface area contributed by atoms with Gasteiger partial charge in [-0.05, 0) is 82.9 Å². The largest absolute Gasteiger partial charge is 0.478 e. The third kappa shape index (κ3) is 6.10. The fourth-order valence-corrected chi connectivity index (χ4v) is 6.40. The van der Waals surface area contributed by atoms with Crippen LogP contribution in [-0.2, 0) is 24.5 Å². The van der Waals surface area contributed by atoms with E-state index in [1.54, 1.807) is 32.0 Å². The van der Waals surface area contributed by atoms with Crippen LogP contribution in [0.15, 0.2) is 71.1 Å². The van der Waals surface area contributed by atoms with E-state index in [0.29, 0.717) is 66.4 Å². The van der Waals surface area contributed by atoms with Gasteiger partial charge in [0.15, 0.2) is 11.5 Å². The lowest BCUT2D eigenvalue weighted by molar-refractivity contribution is -0.152. The molecular formula is C33H39N3O7. The van der Waals surface area contributed by atoms with Crippen LogP contribution in [0.2, 0.25) is 0 Å². The molecule has 3 N–H and O–H groups in total. The second kappa shape index (κ2) is 12.9. The maximum absolute atomic E-state index is 13.6. The van der Waals surface area contributed by atoms with E-state index in [1.165, 1.54) is 0 Å². The van der Waals surface area contributed by atoms with E-state index < -0.39 is 17.3 Å². The van der Waals surface area contributed by atoms with Gasteiger partial charge in [0.25, 0.3) is 0 Å². The molecule has 0 bridgehead atoms. The maximum atomic E-state index is 13.6. The van der Waals surface area contributed by atoms with E-state index in [9.17, 15) is 19.5 Å². The van der Waals surface area contributed by atoms with Crippen molar-refractivity contribution in [1.82, 2.24) is 15.5 Å². The van der Waals surface area contributed by atoms with E-state index in [4.69, 9.17) is 14.2 Å². The first-order valence-electron chi connectivity index (χ1n) is 14.8. The van der Waals surface area contributed by atoms with Crippen molar-refractivity contribution >= 4 is 17.8 Å². The van der Waals surface area contributed by atoms with Gasteiger partial charge in [0.1, 0.15) is 0 Å². The zero-order valence-electron chi connectivity index (χ0n) is 24.9. The maximum Gasteiger partial charge on any atom is 0.334 e. The average molecular weight is 590 g/mol. The number of hydrogen-bond donors (Lipinski definition) is 3. The Balaban J connectivity index is 1.22. The normalized spacial score (nSPS) is 19.6. The molecule has 0 saturated carbocycles. The first kappa shape index (κ1) is 30.2. The van der Waals surface area contributed by atoms with Crippen LogP contribution in [0.5, 0.6) is 11.5 Å². The number of nitrogens with zero attached hydrogens (tertiary/aromatic N) is 1. The molecule has 2 aromatic rings. The average Bonchev–Trinajstić information content (AvgIpc) is 3.47. The number of dihydropyridines is 1. The molecule has 1 unspecified atom stereocenters. The molecule has 10 nitrogen and oxygen atoms in total. The van der Waals surface area contributed by atoms with Gasteiger partial charge in [0, 0.05) is 23.5 Å². The van der Waals surface area contributed by atoms with Crippen LogP contribution >= 0.6 is 0 Å². The van der Waals surface area contributed by atoms with Crippen LogP contribution in [0.25, 0.3) is 0 Å². The number of esters is 1. The Morgan fingerprint density at radius 3 is 2.42 bits per heavy atom. The summed E-state index contributed by atoms with van der Waals surface area (Å²) in [6.45, 7) is 8.44. The SMILES string of the molecule is CCOC(=O)C1(c2ccccc2)CCN(CCCNC(=O)C2=C(C)NC(C)=C(C(=O)O)C2c2ccc3c(c2)OCO3)CC1. The lowest BCUT2D eigenvalue weighted by atomic mass is 9.72. The Morgan fingerprint density at radius 1 is 1.02 bits per heavy atom. The van der Waals surface area contributed by atoms with Crippen molar-refractivity contribution in [3.63, 3.8) is 0 Å². The van der Waals surface area contributed by atoms with Gasteiger partial charge >= 0.3 is 11.9 Å². The number of nitrogens with one attached hydrogen (secondary N) is 2. The topological polar surface area (TPSA) is 126 Å². The van der Waals surface area contributed by atoms with Crippen molar-refractivity contribution in [2.75, 3.05) is 39.6 Å². The van der Waals surface area contributed by atoms with Crippen LogP contribution in [0.1, 0.15) is 57.1 Å². The molecule has 3 aliphatic heterocycles. The quantitative estimate of drug-likeness (QED) is 0.280. The number of ether oxygens (including phenoxy) is 3. The van der Waals surface area contributed by atoms with E-state index in [0.717, 1.165) is 25.2 Å². The number of carbonyl (C=O) groups is 3. The van der Waals surface area contributed by atoms with Crippen LogP contribution in [0.4, 0.5) is 0 Å². The zero-order chi connectivity index (χ0) is 30.6. The molecule has 0 spiro atoms. The Kier molecular flexibility index (Phi) is 9.05. The van der Waals surface area contributed by atoms with Gasteiger partial charge in [-0.2, -0.15) is 0 Å². The Labute approximate surface area is 251 Å². The predicted octanol–water partition coefficient (Wildman–Crippen LogP) is 3.84. The number of hydrogen-bond acceptors (Lipinski definition) is 8. The molecule has 10 heteroatoms. The number of rotatable bonds is 10. The second-order valence-corrected chi connectivity index (χ2v) is 11.2. The molecule has 1 fully saturated rings. The molecule has 0 radical (unpaired) electrons. The van der Waals surface area contributed by atoms with Gasteiger partial charge < -0.3 is 34.9 Å². The number of amides is 1. The molecule has 1 amide bonds. The molecule has 3 heterocycles. The molecule has 43 heavy (non-hydrogen) atoms. The molecule has 2 aromatic carbocycles. The molecule has 5 rings (SSSR count). The summed E-state index contributed by atoms with van der Waals surface area (Å²) >= 11 is 0. The van der Waals surface area contributed by atoms with Crippen LogP contribution in [0.3, 0.4) is 0 Å². The van der Waals surface area contributed by atoms with Gasteiger partial charge in [-0.3, -0.25) is 9.59 Å². The minimum Gasteiger partial charge on any atom is -0.478 e. The Morgan fingerprint density at radius 2 is 1.72 bits per heavy atom. The van der Waals surface area contributed by atoms with Gasteiger partial charge in [-0.15, -0.1) is 0 Å². The third-order valence-corrected chi connectivity index (χ3v) is 8.60. The lowest BCUT2D eigenvalue weighted by Gasteiger charge is -2.40. The van der Waals surface area contributed by atoms with E-state index in [1.807, 2.05) is 37.3 Å². The minimum atomic E-state index is -1.09. The number of carbonyl (C=O) groups excluding carboxylic acids is 2. The van der Waals surface area contributed by atoms with E-state index in [-0.39, 0.29) is 24.2 Å². The van der Waals surface area contributed by atoms with Crippen molar-refractivity contribution in [1.29, 1.82) is 0 Å². The molecule has 228 valence electrons. The summed E-state index contributed by atoms with van der Waals surface area (Å²) in [5.41, 5.74) is 2.57. The van der Waals surface area contributed by atoms with Crippen molar-refractivity contribution < 1.29 is 33.7 Å². The summed E-state index contributed by atoms with van der Waals surface area (Å²) in [6.07, 6.45) is 2.04. The number of aliphatic carboxylic acids is 1. The minimum absolute atomic E-state index is 0.0982. The number of carboxylic acid groups (broad SMARTS) is 1. The standard InChI is InChI=1S/C33H39N3O7/c1-4-41-32(40)33(24-9-6-5-7-10-24)13-17-36(18-14-33)16-8-15-34-30(37)27-21(2)35-22(3)28(31(38)39)29(27)23-11-12-25-26(19-23)43-20-42-25/h5-7,9-12,19,29,35H,4,8,13-18,20H2,1-3H3,(H,34,37)(H,38,39). The van der Waals surface area contributed by atoms with Crippen molar-refractivity contribution in [2.24, 2.45) is 0 Å². The monoisotopic (exact) mass is 589 g/mol.